The fourth-order valence-electron chi connectivity index (χ4n) is 3.45. The molecule has 0 saturated carbocycles. The van der Waals surface area contributed by atoms with Crippen LogP contribution in [0.4, 0.5) is 5.69 Å². The lowest BCUT2D eigenvalue weighted by atomic mass is 9.98. The summed E-state index contributed by atoms with van der Waals surface area (Å²) in [6.07, 6.45) is 3.37. The Morgan fingerprint density at radius 1 is 0.968 bits per heavy atom. The van der Waals surface area contributed by atoms with Crippen LogP contribution in [-0.2, 0) is 0 Å². The fraction of sp³-hybridized carbons (Fsp3) is 0.222. The second-order valence-corrected chi connectivity index (χ2v) is 8.07. The summed E-state index contributed by atoms with van der Waals surface area (Å²) >= 11 is 0. The summed E-state index contributed by atoms with van der Waals surface area (Å²) in [6.45, 7) is 5.57. The van der Waals surface area contributed by atoms with Crippen LogP contribution in [0.5, 0.6) is 5.75 Å². The lowest BCUT2D eigenvalue weighted by Gasteiger charge is -2.14. The number of nitrogens with two attached hydrogens (primary N) is 1. The monoisotopic (exact) mass is 414 g/mol. The fourth-order valence-corrected chi connectivity index (χ4v) is 3.45. The zero-order valence-electron chi connectivity index (χ0n) is 18.7. The number of allylic oxidation sites excluding steroid dienone is 1. The number of anilines is 1. The molecule has 0 aliphatic heterocycles. The van der Waals surface area contributed by atoms with E-state index in [1.165, 1.54) is 11.1 Å². The van der Waals surface area contributed by atoms with E-state index in [1.54, 1.807) is 18.2 Å². The number of hydrogen-bond donors (Lipinski definition) is 1. The maximum Gasteiger partial charge on any atom is 0.187 e. The van der Waals surface area contributed by atoms with Crippen LogP contribution >= 0.6 is 0 Å². The number of nitrogen functional groups attached to an aromatic ring is 1. The highest BCUT2D eigenvalue weighted by atomic mass is 16.5. The quantitative estimate of drug-likeness (QED) is 0.305. The summed E-state index contributed by atoms with van der Waals surface area (Å²) in [6, 6.07) is 19.7. The van der Waals surface area contributed by atoms with Gasteiger partial charge in [-0.1, -0.05) is 47.5 Å². The molecule has 0 fully saturated rings. The number of hydrogen-bond acceptors (Lipinski definition) is 4. The van der Waals surface area contributed by atoms with Crippen molar-refractivity contribution in [1.82, 2.24) is 4.90 Å². The number of carbonyl (C=O) groups excluding carboxylic acids is 1. The molecule has 0 aliphatic carbocycles. The van der Waals surface area contributed by atoms with Crippen molar-refractivity contribution in [3.05, 3.63) is 89.0 Å². The molecule has 0 bridgehead atoms. The minimum Gasteiger partial charge on any atom is -0.492 e. The normalized spacial score (nSPS) is 11.3. The van der Waals surface area contributed by atoms with Crippen LogP contribution in [0.3, 0.4) is 0 Å². The van der Waals surface area contributed by atoms with Gasteiger partial charge in [0.2, 0.25) is 0 Å². The molecule has 2 N–H and O–H groups in total. The first-order valence-electron chi connectivity index (χ1n) is 10.4. The van der Waals surface area contributed by atoms with E-state index in [2.05, 4.69) is 49.1 Å². The molecule has 160 valence electrons. The third-order valence-corrected chi connectivity index (χ3v) is 5.00. The van der Waals surface area contributed by atoms with Crippen LogP contribution in [0.2, 0.25) is 0 Å². The van der Waals surface area contributed by atoms with Crippen LogP contribution in [0.25, 0.3) is 17.2 Å². The second kappa shape index (κ2) is 10.1. The second-order valence-electron chi connectivity index (χ2n) is 8.07. The first kappa shape index (κ1) is 22.3. The van der Waals surface area contributed by atoms with E-state index in [-0.39, 0.29) is 5.78 Å². The van der Waals surface area contributed by atoms with E-state index in [1.807, 2.05) is 38.4 Å². The van der Waals surface area contributed by atoms with Crippen molar-refractivity contribution in [1.29, 1.82) is 0 Å². The summed E-state index contributed by atoms with van der Waals surface area (Å²) in [4.78, 5) is 14.8. The highest BCUT2D eigenvalue weighted by Crippen LogP contribution is 2.29. The number of likely N-dealkylation sites (N-methyl/N-ethyl adjacent to an activating group) is 1. The standard InChI is InChI=1S/C27H30N2O2/c1-19-15-20(2)17-23(16-19)21-10-12-27(31-14-13-29(3)4)22(18-21)9-11-26(30)24-7-5-6-8-25(24)28/h5-12,15-18H,13-14,28H2,1-4H3. The number of aryl methyl sites for hydroxylation is 2. The van der Waals surface area contributed by atoms with Gasteiger partial charge < -0.3 is 15.4 Å². The smallest absolute Gasteiger partial charge is 0.187 e. The molecular formula is C27H30N2O2. The number of ketones is 1. The molecule has 0 amide bonds. The highest BCUT2D eigenvalue weighted by molar-refractivity contribution is 6.10. The first-order valence-corrected chi connectivity index (χ1v) is 10.4. The molecule has 0 atom stereocenters. The molecule has 0 aliphatic rings. The summed E-state index contributed by atoms with van der Waals surface area (Å²) in [5.74, 6) is 0.620. The van der Waals surface area contributed by atoms with Crippen molar-refractivity contribution < 1.29 is 9.53 Å². The average Bonchev–Trinajstić information content (AvgIpc) is 2.72. The van der Waals surface area contributed by atoms with Gasteiger partial charge in [-0.3, -0.25) is 4.79 Å². The average molecular weight is 415 g/mol. The van der Waals surface area contributed by atoms with Crippen molar-refractivity contribution >= 4 is 17.5 Å². The van der Waals surface area contributed by atoms with E-state index < -0.39 is 0 Å². The SMILES string of the molecule is Cc1cc(C)cc(-c2ccc(OCCN(C)C)c(C=CC(=O)c3ccccc3N)c2)c1. The van der Waals surface area contributed by atoms with Gasteiger partial charge in [0.05, 0.1) is 0 Å². The summed E-state index contributed by atoms with van der Waals surface area (Å²) in [7, 11) is 4.02. The van der Waals surface area contributed by atoms with Gasteiger partial charge in [0.15, 0.2) is 5.78 Å². The summed E-state index contributed by atoms with van der Waals surface area (Å²) in [5.41, 5.74) is 12.5. The molecule has 3 rings (SSSR count). The minimum atomic E-state index is -0.130. The lowest BCUT2D eigenvalue weighted by Crippen LogP contribution is -2.19. The number of ether oxygens (including phenoxy) is 1. The molecule has 0 aromatic heterocycles. The van der Waals surface area contributed by atoms with Gasteiger partial charge in [0.25, 0.3) is 0 Å². The van der Waals surface area contributed by atoms with Crippen molar-refractivity contribution in [3.63, 3.8) is 0 Å². The topological polar surface area (TPSA) is 55.6 Å². The van der Waals surface area contributed by atoms with Crippen LogP contribution in [0.1, 0.15) is 27.0 Å². The van der Waals surface area contributed by atoms with E-state index in [0.29, 0.717) is 17.9 Å². The third kappa shape index (κ3) is 6.06. The van der Waals surface area contributed by atoms with Crippen molar-refractivity contribution in [2.75, 3.05) is 33.0 Å². The van der Waals surface area contributed by atoms with E-state index in [4.69, 9.17) is 10.5 Å². The van der Waals surface area contributed by atoms with Gasteiger partial charge >= 0.3 is 0 Å². The largest absolute Gasteiger partial charge is 0.492 e. The summed E-state index contributed by atoms with van der Waals surface area (Å²) < 4.78 is 6.02. The predicted octanol–water partition coefficient (Wildman–Crippen LogP) is 5.39. The molecule has 0 saturated heterocycles. The van der Waals surface area contributed by atoms with Crippen molar-refractivity contribution in [3.8, 4) is 16.9 Å². The molecular weight excluding hydrogens is 384 g/mol. The Hall–Kier alpha value is -3.37. The van der Waals surface area contributed by atoms with Gasteiger partial charge in [0.1, 0.15) is 12.4 Å². The number of benzene rings is 3. The van der Waals surface area contributed by atoms with Gasteiger partial charge in [-0.15, -0.1) is 0 Å². The van der Waals surface area contributed by atoms with Crippen LogP contribution < -0.4 is 10.5 Å². The molecule has 3 aromatic carbocycles. The Bertz CT molecular complexity index is 1080. The molecule has 4 nitrogen and oxygen atoms in total. The van der Waals surface area contributed by atoms with Crippen LogP contribution in [0.15, 0.2) is 66.7 Å². The number of rotatable bonds is 8. The summed E-state index contributed by atoms with van der Waals surface area (Å²) in [5, 5.41) is 0. The maximum absolute atomic E-state index is 12.7. The number of carbonyl (C=O) groups is 1. The molecule has 0 heterocycles. The Morgan fingerprint density at radius 2 is 1.68 bits per heavy atom. The van der Waals surface area contributed by atoms with Crippen molar-refractivity contribution in [2.24, 2.45) is 0 Å². The predicted molar refractivity (Wildman–Crippen MR) is 130 cm³/mol. The Labute approximate surface area is 185 Å². The minimum absolute atomic E-state index is 0.130. The van der Waals surface area contributed by atoms with E-state index >= 15 is 0 Å². The molecule has 0 radical (unpaired) electrons. The zero-order valence-corrected chi connectivity index (χ0v) is 18.7. The Balaban J connectivity index is 1.95. The third-order valence-electron chi connectivity index (χ3n) is 5.00. The molecule has 31 heavy (non-hydrogen) atoms. The molecule has 4 heteroatoms. The number of nitrogens with zero attached hydrogens (tertiary/aromatic N) is 1. The van der Waals surface area contributed by atoms with E-state index in [9.17, 15) is 4.79 Å². The van der Waals surface area contributed by atoms with Gasteiger partial charge in [-0.25, -0.2) is 0 Å². The maximum atomic E-state index is 12.7. The Kier molecular flexibility index (Phi) is 7.27. The van der Waals surface area contributed by atoms with Crippen molar-refractivity contribution in [2.45, 2.75) is 13.8 Å². The first-order chi connectivity index (χ1) is 14.8. The van der Waals surface area contributed by atoms with Crippen LogP contribution in [0, 0.1) is 13.8 Å². The molecule has 0 unspecified atom stereocenters. The van der Waals surface area contributed by atoms with Gasteiger partial charge in [-0.2, -0.15) is 0 Å². The van der Waals surface area contributed by atoms with Gasteiger partial charge in [0, 0.05) is 23.4 Å². The zero-order chi connectivity index (χ0) is 22.4. The highest BCUT2D eigenvalue weighted by Gasteiger charge is 2.09. The van der Waals surface area contributed by atoms with E-state index in [0.717, 1.165) is 29.0 Å². The lowest BCUT2D eigenvalue weighted by molar-refractivity contribution is 0.104. The van der Waals surface area contributed by atoms with Gasteiger partial charge in [-0.05, 0) is 75.5 Å². The Morgan fingerprint density at radius 3 is 2.35 bits per heavy atom. The molecule has 3 aromatic rings. The van der Waals surface area contributed by atoms with Crippen LogP contribution in [-0.4, -0.2) is 37.9 Å². The number of para-hydroxylation sites is 1. The molecule has 0 spiro atoms.